The number of carbonyl (C=O) groups excluding carboxylic acids is 1. The third-order valence-corrected chi connectivity index (χ3v) is 8.26. The molecule has 1 fully saturated rings. The number of carbonyl (C=O) groups is 1. The number of fused-ring (bicyclic) bond motifs is 3. The molecule has 2 aromatic rings. The average Bonchev–Trinajstić information content (AvgIpc) is 3.12. The Hall–Kier alpha value is -3.41. The third kappa shape index (κ3) is 2.90. The standard InChI is InChI=1S/C28H29N3O3/c1-33-22-4-5-24-23(17-22)29-28(26-7-2-18-14-21(15-18)31(24)26)9-11-30(12-10-28)27(32)20-3-6-25-19(16-20)8-13-34-25/h4-8,13-14,16-18,20,29H,2-3,9-12,15H2,1H3. The maximum absolute atomic E-state index is 13.4. The largest absolute Gasteiger partial charge is 0.497 e. The van der Waals surface area contributed by atoms with Crippen molar-refractivity contribution < 1.29 is 13.9 Å². The molecule has 6 nitrogen and oxygen atoms in total. The molecule has 2 unspecified atom stereocenters. The van der Waals surface area contributed by atoms with Crippen LogP contribution in [0.15, 0.2) is 58.5 Å². The predicted octanol–water partition coefficient (Wildman–Crippen LogP) is 3.35. The fourth-order valence-corrected chi connectivity index (χ4v) is 6.34. The summed E-state index contributed by atoms with van der Waals surface area (Å²) in [7, 11) is 1.72. The summed E-state index contributed by atoms with van der Waals surface area (Å²) < 4.78 is 11.0. The number of allylic oxidation sites excluding steroid dienone is 3. The van der Waals surface area contributed by atoms with Gasteiger partial charge >= 0.3 is 0 Å². The molecule has 1 spiro atoms. The van der Waals surface area contributed by atoms with Gasteiger partial charge in [-0.15, -0.1) is 0 Å². The van der Waals surface area contributed by atoms with Crippen LogP contribution in [-0.4, -0.2) is 36.5 Å². The maximum atomic E-state index is 13.4. The number of hydrogen-bond acceptors (Lipinski definition) is 5. The van der Waals surface area contributed by atoms with Gasteiger partial charge in [-0.3, -0.25) is 4.79 Å². The molecule has 1 N–H and O–H groups in total. The maximum Gasteiger partial charge on any atom is 0.229 e. The molecule has 6 aliphatic rings. The lowest BCUT2D eigenvalue weighted by atomic mass is 9.80. The van der Waals surface area contributed by atoms with E-state index in [0.717, 1.165) is 60.8 Å². The highest BCUT2D eigenvalue weighted by Gasteiger charge is 2.48. The van der Waals surface area contributed by atoms with Crippen LogP contribution in [0.3, 0.4) is 0 Å². The van der Waals surface area contributed by atoms with Crippen molar-refractivity contribution >= 4 is 29.4 Å². The number of piperidine rings is 1. The minimum Gasteiger partial charge on any atom is -0.497 e. The molecule has 6 heteroatoms. The molecule has 34 heavy (non-hydrogen) atoms. The minimum atomic E-state index is -0.172. The van der Waals surface area contributed by atoms with E-state index >= 15 is 0 Å². The van der Waals surface area contributed by atoms with E-state index in [1.807, 2.05) is 18.2 Å². The van der Waals surface area contributed by atoms with Crippen LogP contribution in [0, 0.1) is 11.8 Å². The van der Waals surface area contributed by atoms with E-state index in [1.165, 1.54) is 17.1 Å². The van der Waals surface area contributed by atoms with Gasteiger partial charge in [0.15, 0.2) is 0 Å². The number of ether oxygens (including phenoxy) is 1. The van der Waals surface area contributed by atoms with E-state index in [0.29, 0.717) is 12.3 Å². The molecule has 174 valence electrons. The van der Waals surface area contributed by atoms with Crippen molar-refractivity contribution in [3.8, 4) is 5.75 Å². The molecule has 1 amide bonds. The Morgan fingerprint density at radius 3 is 2.82 bits per heavy atom. The second kappa shape index (κ2) is 7.29. The highest BCUT2D eigenvalue weighted by Crippen LogP contribution is 2.52. The number of nitrogens with one attached hydrogen (secondary N) is 1. The number of rotatable bonds is 2. The first-order chi connectivity index (χ1) is 16.6. The van der Waals surface area contributed by atoms with Crippen LogP contribution < -0.4 is 25.6 Å². The lowest BCUT2D eigenvalue weighted by Gasteiger charge is -2.52. The van der Waals surface area contributed by atoms with Gasteiger partial charge in [0, 0.05) is 35.8 Å². The number of benzene rings is 1. The van der Waals surface area contributed by atoms with Crippen molar-refractivity contribution in [2.75, 3.05) is 30.4 Å². The molecule has 1 saturated heterocycles. The first-order valence-corrected chi connectivity index (χ1v) is 12.4. The van der Waals surface area contributed by atoms with Gasteiger partial charge in [0.1, 0.15) is 11.2 Å². The van der Waals surface area contributed by atoms with E-state index in [9.17, 15) is 4.79 Å². The minimum absolute atomic E-state index is 0.102. The van der Waals surface area contributed by atoms with Gasteiger partial charge in [0.05, 0.1) is 36.2 Å². The number of amides is 1. The Morgan fingerprint density at radius 1 is 1.15 bits per heavy atom. The summed E-state index contributed by atoms with van der Waals surface area (Å²) in [5, 5.41) is 4.95. The van der Waals surface area contributed by atoms with Crippen LogP contribution in [0.2, 0.25) is 0 Å². The lowest BCUT2D eigenvalue weighted by molar-refractivity contribution is -0.134. The van der Waals surface area contributed by atoms with E-state index in [-0.39, 0.29) is 17.4 Å². The number of anilines is 2. The molecule has 1 aromatic heterocycles. The van der Waals surface area contributed by atoms with Crippen LogP contribution in [0.4, 0.5) is 11.4 Å². The zero-order valence-electron chi connectivity index (χ0n) is 19.4. The second-order valence-electron chi connectivity index (χ2n) is 10.2. The Balaban J connectivity index is 1.18. The Morgan fingerprint density at radius 2 is 2.00 bits per heavy atom. The predicted molar refractivity (Wildman–Crippen MR) is 132 cm³/mol. The smallest absolute Gasteiger partial charge is 0.229 e. The summed E-state index contributed by atoms with van der Waals surface area (Å²) in [5.74, 6) is 1.64. The molecule has 2 aliphatic carbocycles. The van der Waals surface area contributed by atoms with E-state index in [2.05, 4.69) is 45.5 Å². The van der Waals surface area contributed by atoms with Crippen LogP contribution in [0.5, 0.6) is 5.75 Å². The zero-order chi connectivity index (χ0) is 22.9. The third-order valence-electron chi connectivity index (χ3n) is 8.26. The normalized spacial score (nSPS) is 25.7. The number of hydrogen-bond donors (Lipinski definition) is 1. The van der Waals surface area contributed by atoms with E-state index in [1.54, 1.807) is 13.4 Å². The van der Waals surface area contributed by atoms with Gasteiger partial charge in [-0.25, -0.2) is 0 Å². The Bertz CT molecular complexity index is 1360. The van der Waals surface area contributed by atoms with Crippen molar-refractivity contribution in [2.45, 2.75) is 37.6 Å². The molecule has 0 saturated carbocycles. The number of methoxy groups -OCH3 is 1. The topological polar surface area (TPSA) is 58.0 Å². The summed E-state index contributed by atoms with van der Waals surface area (Å²) in [6.45, 7) is 1.50. The van der Waals surface area contributed by atoms with Gasteiger partial charge in [0.2, 0.25) is 5.91 Å². The molecular formula is C28H29N3O3. The monoisotopic (exact) mass is 455 g/mol. The van der Waals surface area contributed by atoms with Crippen molar-refractivity contribution in [1.82, 2.24) is 4.90 Å². The lowest BCUT2D eigenvalue weighted by Crippen LogP contribution is -2.57. The fraction of sp³-hybridized carbons (Fsp3) is 0.393. The Kier molecular flexibility index (Phi) is 4.29. The second-order valence-corrected chi connectivity index (χ2v) is 10.2. The summed E-state index contributed by atoms with van der Waals surface area (Å²) in [5.41, 5.74) is 5.80. The first kappa shape index (κ1) is 20.0. The van der Waals surface area contributed by atoms with Crippen molar-refractivity contribution in [3.63, 3.8) is 0 Å². The summed E-state index contributed by atoms with van der Waals surface area (Å²) >= 11 is 0. The van der Waals surface area contributed by atoms with E-state index in [4.69, 9.17) is 9.15 Å². The van der Waals surface area contributed by atoms with Crippen LogP contribution in [-0.2, 0) is 4.79 Å². The van der Waals surface area contributed by atoms with Crippen molar-refractivity contribution in [3.05, 3.63) is 64.7 Å². The summed E-state index contributed by atoms with van der Waals surface area (Å²) in [4.78, 5) is 18.0. The first-order valence-electron chi connectivity index (χ1n) is 12.4. The van der Waals surface area contributed by atoms with Crippen LogP contribution in [0.25, 0.3) is 12.2 Å². The average molecular weight is 456 g/mol. The zero-order valence-corrected chi connectivity index (χ0v) is 19.4. The van der Waals surface area contributed by atoms with Gasteiger partial charge in [-0.05, 0) is 62.3 Å². The van der Waals surface area contributed by atoms with Crippen LogP contribution in [0.1, 0.15) is 32.1 Å². The van der Waals surface area contributed by atoms with Gasteiger partial charge in [-0.1, -0.05) is 18.2 Å². The number of likely N-dealkylation sites (tertiary alicyclic amines) is 1. The Labute approximate surface area is 198 Å². The quantitative estimate of drug-likeness (QED) is 0.753. The number of nitrogens with zero attached hydrogens (tertiary/aromatic N) is 2. The number of furan rings is 1. The fourth-order valence-electron chi connectivity index (χ4n) is 6.34. The van der Waals surface area contributed by atoms with Crippen molar-refractivity contribution in [1.29, 1.82) is 0 Å². The molecule has 8 rings (SSSR count). The molecule has 4 aliphatic heterocycles. The molecule has 0 radical (unpaired) electrons. The molecule has 1 aromatic carbocycles. The summed E-state index contributed by atoms with van der Waals surface area (Å²) in [6.07, 6.45) is 15.4. The molecular weight excluding hydrogens is 426 g/mol. The van der Waals surface area contributed by atoms with Crippen LogP contribution >= 0.6 is 0 Å². The SMILES string of the molecule is COc1ccc2c(c1)NC1(CCN(C(=O)C3C=c4ccoc4=CC3)CC1)C1=CCC3C=C(C3)N12. The molecule has 2 atom stereocenters. The van der Waals surface area contributed by atoms with Crippen molar-refractivity contribution in [2.24, 2.45) is 11.8 Å². The van der Waals surface area contributed by atoms with Gasteiger partial charge in [0.25, 0.3) is 0 Å². The van der Waals surface area contributed by atoms with E-state index < -0.39 is 0 Å². The van der Waals surface area contributed by atoms with Gasteiger partial charge in [-0.2, -0.15) is 0 Å². The van der Waals surface area contributed by atoms with Gasteiger partial charge < -0.3 is 24.3 Å². The summed E-state index contributed by atoms with van der Waals surface area (Å²) in [6, 6.07) is 8.27. The highest BCUT2D eigenvalue weighted by atomic mass is 16.5. The molecule has 5 heterocycles. The highest BCUT2D eigenvalue weighted by molar-refractivity contribution is 5.86. The molecule has 2 bridgehead atoms.